The Bertz CT molecular complexity index is 1820. The van der Waals surface area contributed by atoms with Gasteiger partial charge in [-0.2, -0.15) is 10.4 Å². The summed E-state index contributed by atoms with van der Waals surface area (Å²) in [5.74, 6) is 0. The number of rotatable bonds is 4. The smallest absolute Gasteiger partial charge is 0.164 e. The van der Waals surface area contributed by atoms with Crippen molar-refractivity contribution >= 4 is 54.5 Å². The van der Waals surface area contributed by atoms with Gasteiger partial charge in [0.2, 0.25) is 0 Å². The molecule has 0 radical (unpaired) electrons. The van der Waals surface area contributed by atoms with Crippen LogP contribution in [0.1, 0.15) is 5.56 Å². The minimum Gasteiger partial charge on any atom is -0.226 e. The van der Waals surface area contributed by atoms with Gasteiger partial charge in [-0.3, -0.25) is 0 Å². The molecule has 0 aliphatic rings. The Morgan fingerprint density at radius 3 is 1.84 bits per heavy atom. The van der Waals surface area contributed by atoms with Crippen molar-refractivity contribution in [2.24, 2.45) is 0 Å². The van der Waals surface area contributed by atoms with E-state index in [2.05, 4.69) is 37.9 Å². The molecule has 0 fully saturated rings. The van der Waals surface area contributed by atoms with Crippen LogP contribution in [-0.4, -0.2) is 14.8 Å². The number of aromatic nitrogens is 3. The van der Waals surface area contributed by atoms with Crippen molar-refractivity contribution in [3.63, 3.8) is 0 Å². The lowest BCUT2D eigenvalue weighted by Crippen LogP contribution is -2.01. The monoisotopic (exact) mass is 638 g/mol. The molecule has 6 aromatic rings. The first kappa shape index (κ1) is 24.6. The number of para-hydroxylation sites is 1. The van der Waals surface area contributed by atoms with Gasteiger partial charge in [0.05, 0.1) is 22.3 Å². The van der Waals surface area contributed by atoms with Crippen LogP contribution in [0.4, 0.5) is 0 Å². The van der Waals surface area contributed by atoms with Crippen molar-refractivity contribution in [1.29, 1.82) is 5.26 Å². The molecule has 0 bridgehead atoms. The number of hydrogen-bond donors (Lipinski definition) is 0. The van der Waals surface area contributed by atoms with E-state index in [1.807, 2.05) is 108 Å². The quantitative estimate of drug-likeness (QED) is 0.193. The van der Waals surface area contributed by atoms with Gasteiger partial charge in [0.1, 0.15) is 11.8 Å². The van der Waals surface area contributed by atoms with E-state index >= 15 is 0 Å². The maximum atomic E-state index is 10.6. The molecule has 2 heterocycles. The van der Waals surface area contributed by atoms with E-state index in [-0.39, 0.29) is 0 Å². The van der Waals surface area contributed by atoms with Crippen molar-refractivity contribution in [3.05, 3.63) is 123 Å². The number of nitriles is 1. The molecule has 38 heavy (non-hydrogen) atoms. The summed E-state index contributed by atoms with van der Waals surface area (Å²) in [7, 11) is 0. The second kappa shape index (κ2) is 10.2. The molecule has 0 saturated heterocycles. The van der Waals surface area contributed by atoms with Gasteiger partial charge >= 0.3 is 0 Å². The normalized spacial score (nSPS) is 11.0. The molecule has 7 heteroatoms. The Hall–Kier alpha value is -3.76. The number of nitrogens with zero attached hydrogens (tertiary/aromatic N) is 4. The summed E-state index contributed by atoms with van der Waals surface area (Å²) < 4.78 is 3.76. The minimum absolute atomic E-state index is 0.491. The third kappa shape index (κ3) is 4.43. The molecule has 0 aliphatic carbocycles. The maximum Gasteiger partial charge on any atom is 0.164 e. The van der Waals surface area contributed by atoms with E-state index in [0.717, 1.165) is 48.0 Å². The fraction of sp³-hybridized carbons (Fsp3) is 0. The molecular weight excluding hydrogens is 624 g/mol. The highest BCUT2D eigenvalue weighted by atomic mass is 79.9. The SMILES string of the molecule is N#Cc1c(-c2ccc(Br)cc2)nc2c(c(-c3ccc(Cl)cc3)nn2-c2ccccc2)c1-c1ccc(Br)cc1. The summed E-state index contributed by atoms with van der Waals surface area (Å²) in [5, 5.41) is 17.1. The minimum atomic E-state index is 0.491. The second-order valence-electron chi connectivity index (χ2n) is 8.64. The van der Waals surface area contributed by atoms with Gasteiger partial charge in [-0.25, -0.2) is 9.67 Å². The Labute approximate surface area is 241 Å². The molecule has 0 amide bonds. The summed E-state index contributed by atoms with van der Waals surface area (Å²) >= 11 is 13.3. The lowest BCUT2D eigenvalue weighted by molar-refractivity contribution is 0.901. The molecular formula is C31H17Br2ClN4. The van der Waals surface area contributed by atoms with E-state index in [1.54, 1.807) is 0 Å². The molecule has 0 N–H and O–H groups in total. The van der Waals surface area contributed by atoms with Crippen LogP contribution in [0.5, 0.6) is 0 Å². The summed E-state index contributed by atoms with van der Waals surface area (Å²) in [6.07, 6.45) is 0. The van der Waals surface area contributed by atoms with E-state index in [0.29, 0.717) is 21.9 Å². The van der Waals surface area contributed by atoms with E-state index < -0.39 is 0 Å². The van der Waals surface area contributed by atoms with Crippen molar-refractivity contribution in [3.8, 4) is 45.4 Å². The summed E-state index contributed by atoms with van der Waals surface area (Å²) in [6.45, 7) is 0. The molecule has 0 atom stereocenters. The molecule has 2 aromatic heterocycles. The van der Waals surface area contributed by atoms with Crippen molar-refractivity contribution in [2.45, 2.75) is 0 Å². The fourth-order valence-corrected chi connectivity index (χ4v) is 5.19. The highest BCUT2D eigenvalue weighted by molar-refractivity contribution is 9.10. The van der Waals surface area contributed by atoms with Crippen molar-refractivity contribution < 1.29 is 0 Å². The number of hydrogen-bond acceptors (Lipinski definition) is 3. The van der Waals surface area contributed by atoms with E-state index in [4.69, 9.17) is 21.7 Å². The van der Waals surface area contributed by atoms with Crippen molar-refractivity contribution in [1.82, 2.24) is 14.8 Å². The first-order valence-corrected chi connectivity index (χ1v) is 13.7. The predicted molar refractivity (Wildman–Crippen MR) is 160 cm³/mol. The van der Waals surface area contributed by atoms with Gasteiger partial charge in [-0.15, -0.1) is 0 Å². The topological polar surface area (TPSA) is 54.5 Å². The van der Waals surface area contributed by atoms with Crippen LogP contribution in [0.15, 0.2) is 112 Å². The van der Waals surface area contributed by atoms with Gasteiger partial charge < -0.3 is 0 Å². The van der Waals surface area contributed by atoms with Crippen LogP contribution in [0, 0.1) is 11.3 Å². The molecule has 0 aliphatic heterocycles. The van der Waals surface area contributed by atoms with E-state index in [9.17, 15) is 5.26 Å². The summed E-state index contributed by atoms with van der Waals surface area (Å²) in [6, 6.07) is 35.8. The van der Waals surface area contributed by atoms with Crippen molar-refractivity contribution in [2.75, 3.05) is 0 Å². The third-order valence-corrected chi connectivity index (χ3v) is 7.61. The standard InChI is InChI=1S/C31H17Br2ClN4/c32-22-12-6-19(7-13-22)27-26(18-35)29(20-8-14-23(33)15-9-20)36-31-28(27)30(21-10-16-24(34)17-11-21)37-38(31)25-4-2-1-3-5-25/h1-17H. The highest BCUT2D eigenvalue weighted by Gasteiger charge is 2.25. The summed E-state index contributed by atoms with van der Waals surface area (Å²) in [5.41, 5.74) is 6.77. The summed E-state index contributed by atoms with van der Waals surface area (Å²) in [4.78, 5) is 5.12. The Kier molecular flexibility index (Phi) is 6.59. The zero-order valence-corrected chi connectivity index (χ0v) is 23.7. The number of fused-ring (bicyclic) bond motifs is 1. The average Bonchev–Trinajstić information content (AvgIpc) is 3.33. The largest absolute Gasteiger partial charge is 0.226 e. The zero-order chi connectivity index (χ0) is 26.2. The average molecular weight is 641 g/mol. The van der Waals surface area contributed by atoms with Gasteiger partial charge in [0, 0.05) is 30.7 Å². The molecule has 4 nitrogen and oxygen atoms in total. The molecule has 6 rings (SSSR count). The number of benzene rings is 4. The number of halogens is 3. The van der Waals surface area contributed by atoms with Gasteiger partial charge in [-0.1, -0.05) is 98.1 Å². The second-order valence-corrected chi connectivity index (χ2v) is 10.9. The Morgan fingerprint density at radius 1 is 0.684 bits per heavy atom. The van der Waals surface area contributed by atoms with E-state index in [1.165, 1.54) is 0 Å². The fourth-order valence-electron chi connectivity index (χ4n) is 4.54. The van der Waals surface area contributed by atoms with Crippen LogP contribution < -0.4 is 0 Å². The Balaban J connectivity index is 1.80. The third-order valence-electron chi connectivity index (χ3n) is 6.30. The van der Waals surface area contributed by atoms with Gasteiger partial charge in [0.25, 0.3) is 0 Å². The van der Waals surface area contributed by atoms with Gasteiger partial charge in [-0.05, 0) is 54.1 Å². The Morgan fingerprint density at radius 2 is 1.24 bits per heavy atom. The highest BCUT2D eigenvalue weighted by Crippen LogP contribution is 2.42. The zero-order valence-electron chi connectivity index (χ0n) is 19.7. The first-order valence-electron chi connectivity index (χ1n) is 11.7. The molecule has 0 spiro atoms. The van der Waals surface area contributed by atoms with Crippen LogP contribution in [-0.2, 0) is 0 Å². The molecule has 4 aromatic carbocycles. The van der Waals surface area contributed by atoms with Crippen LogP contribution in [0.25, 0.3) is 50.4 Å². The maximum absolute atomic E-state index is 10.6. The van der Waals surface area contributed by atoms with Crippen LogP contribution in [0.3, 0.4) is 0 Å². The van der Waals surface area contributed by atoms with Crippen LogP contribution >= 0.6 is 43.5 Å². The van der Waals surface area contributed by atoms with Crippen LogP contribution in [0.2, 0.25) is 5.02 Å². The lowest BCUT2D eigenvalue weighted by atomic mass is 9.92. The molecule has 0 saturated carbocycles. The number of pyridine rings is 1. The first-order chi connectivity index (χ1) is 18.5. The van der Waals surface area contributed by atoms with Gasteiger partial charge in [0.15, 0.2) is 5.65 Å². The lowest BCUT2D eigenvalue weighted by Gasteiger charge is -2.13. The predicted octanol–water partition coefficient (Wildman–Crippen LogP) is 9.47. The molecule has 0 unspecified atom stereocenters. The molecule has 182 valence electrons.